The standard InChI is InChI=1S/C15H27N3/c1-3-7-13(16-2)12-14-10-11-18(17-14)15-8-5-4-6-9-15/h10-11,13,15-16H,3-9,12H2,1-2H3. The van der Waals surface area contributed by atoms with E-state index < -0.39 is 0 Å². The van der Waals surface area contributed by atoms with Gasteiger partial charge < -0.3 is 5.32 Å². The van der Waals surface area contributed by atoms with Gasteiger partial charge in [0.15, 0.2) is 0 Å². The second-order valence-electron chi connectivity index (χ2n) is 5.56. The molecule has 0 saturated heterocycles. The molecule has 3 heteroatoms. The molecule has 1 heterocycles. The molecule has 2 rings (SSSR count). The lowest BCUT2D eigenvalue weighted by Gasteiger charge is -2.22. The van der Waals surface area contributed by atoms with E-state index in [1.807, 2.05) is 0 Å². The molecule has 1 fully saturated rings. The van der Waals surface area contributed by atoms with E-state index in [0.717, 1.165) is 6.42 Å². The minimum absolute atomic E-state index is 0.574. The highest BCUT2D eigenvalue weighted by molar-refractivity contribution is 5.02. The van der Waals surface area contributed by atoms with Crippen LogP contribution < -0.4 is 5.32 Å². The first kappa shape index (κ1) is 13.6. The lowest BCUT2D eigenvalue weighted by Crippen LogP contribution is -2.27. The van der Waals surface area contributed by atoms with Crippen LogP contribution in [0.3, 0.4) is 0 Å². The van der Waals surface area contributed by atoms with E-state index in [9.17, 15) is 0 Å². The third-order valence-corrected chi connectivity index (χ3v) is 4.11. The number of nitrogens with one attached hydrogen (secondary N) is 1. The molecule has 1 aliphatic carbocycles. The summed E-state index contributed by atoms with van der Waals surface area (Å²) < 4.78 is 2.22. The molecule has 1 atom stereocenters. The van der Waals surface area contributed by atoms with Gasteiger partial charge in [-0.15, -0.1) is 0 Å². The minimum atomic E-state index is 0.574. The second kappa shape index (κ2) is 6.93. The van der Waals surface area contributed by atoms with Crippen molar-refractivity contribution in [2.24, 2.45) is 0 Å². The topological polar surface area (TPSA) is 29.9 Å². The molecule has 0 aliphatic heterocycles. The molecule has 102 valence electrons. The fraction of sp³-hybridized carbons (Fsp3) is 0.800. The number of rotatable bonds is 6. The van der Waals surface area contributed by atoms with E-state index in [2.05, 4.69) is 36.2 Å². The van der Waals surface area contributed by atoms with E-state index in [4.69, 9.17) is 5.10 Å². The van der Waals surface area contributed by atoms with E-state index in [1.165, 1.54) is 50.6 Å². The molecule has 1 unspecified atom stereocenters. The summed E-state index contributed by atoms with van der Waals surface area (Å²) >= 11 is 0. The molecule has 0 amide bonds. The molecule has 1 aromatic heterocycles. The Kier molecular flexibility index (Phi) is 5.24. The molecule has 1 aliphatic rings. The van der Waals surface area contributed by atoms with E-state index in [0.29, 0.717) is 12.1 Å². The largest absolute Gasteiger partial charge is 0.317 e. The van der Waals surface area contributed by atoms with Crippen LogP contribution in [0.15, 0.2) is 12.3 Å². The van der Waals surface area contributed by atoms with Gasteiger partial charge in [-0.25, -0.2) is 0 Å². The smallest absolute Gasteiger partial charge is 0.0640 e. The van der Waals surface area contributed by atoms with Crippen molar-refractivity contribution in [2.75, 3.05) is 7.05 Å². The Morgan fingerprint density at radius 3 is 2.83 bits per heavy atom. The van der Waals surface area contributed by atoms with Gasteiger partial charge in [0.2, 0.25) is 0 Å². The Morgan fingerprint density at radius 2 is 2.17 bits per heavy atom. The van der Waals surface area contributed by atoms with Gasteiger partial charge in [0.25, 0.3) is 0 Å². The van der Waals surface area contributed by atoms with Gasteiger partial charge in [0.1, 0.15) is 0 Å². The van der Waals surface area contributed by atoms with Gasteiger partial charge in [-0.05, 0) is 32.4 Å². The van der Waals surface area contributed by atoms with Crippen LogP contribution in [0.2, 0.25) is 0 Å². The number of nitrogens with zero attached hydrogens (tertiary/aromatic N) is 2. The maximum Gasteiger partial charge on any atom is 0.0640 e. The van der Waals surface area contributed by atoms with Crippen LogP contribution in [0.5, 0.6) is 0 Å². The number of likely N-dealkylation sites (N-methyl/N-ethyl adjacent to an activating group) is 1. The SMILES string of the molecule is CCCC(Cc1ccn(C2CCCCC2)n1)NC. The summed E-state index contributed by atoms with van der Waals surface area (Å²) in [4.78, 5) is 0. The zero-order chi connectivity index (χ0) is 12.8. The molecule has 0 aromatic carbocycles. The van der Waals surface area contributed by atoms with Crippen molar-refractivity contribution in [3.05, 3.63) is 18.0 Å². The number of aromatic nitrogens is 2. The summed E-state index contributed by atoms with van der Waals surface area (Å²) in [6.07, 6.45) is 12.5. The van der Waals surface area contributed by atoms with Crippen LogP contribution in [0.1, 0.15) is 63.6 Å². The first-order valence-corrected chi connectivity index (χ1v) is 7.54. The Morgan fingerprint density at radius 1 is 1.39 bits per heavy atom. The normalized spacial score (nSPS) is 19.0. The highest BCUT2D eigenvalue weighted by Gasteiger charge is 2.16. The van der Waals surface area contributed by atoms with Crippen molar-refractivity contribution in [2.45, 2.75) is 70.4 Å². The molecule has 3 nitrogen and oxygen atoms in total. The van der Waals surface area contributed by atoms with Gasteiger partial charge in [-0.3, -0.25) is 4.68 Å². The highest BCUT2D eigenvalue weighted by Crippen LogP contribution is 2.27. The molecular formula is C15H27N3. The van der Waals surface area contributed by atoms with Gasteiger partial charge in [-0.1, -0.05) is 32.6 Å². The Balaban J connectivity index is 1.92. The van der Waals surface area contributed by atoms with E-state index in [-0.39, 0.29) is 0 Å². The summed E-state index contributed by atoms with van der Waals surface area (Å²) in [5.74, 6) is 0. The van der Waals surface area contributed by atoms with Gasteiger partial charge in [0.05, 0.1) is 11.7 Å². The van der Waals surface area contributed by atoms with Crippen LogP contribution in [0.4, 0.5) is 0 Å². The molecule has 0 spiro atoms. The highest BCUT2D eigenvalue weighted by atomic mass is 15.3. The lowest BCUT2D eigenvalue weighted by atomic mass is 9.96. The molecular weight excluding hydrogens is 222 g/mol. The third-order valence-electron chi connectivity index (χ3n) is 4.11. The average Bonchev–Trinajstić information content (AvgIpc) is 2.88. The third kappa shape index (κ3) is 3.58. The average molecular weight is 249 g/mol. The molecule has 1 aromatic rings. The van der Waals surface area contributed by atoms with Gasteiger partial charge >= 0.3 is 0 Å². The molecule has 0 radical (unpaired) electrons. The maximum atomic E-state index is 4.78. The van der Waals surface area contributed by atoms with Crippen molar-refractivity contribution >= 4 is 0 Å². The van der Waals surface area contributed by atoms with Crippen LogP contribution in [0.25, 0.3) is 0 Å². The molecule has 1 N–H and O–H groups in total. The van der Waals surface area contributed by atoms with Crippen molar-refractivity contribution in [1.82, 2.24) is 15.1 Å². The Hall–Kier alpha value is -0.830. The zero-order valence-corrected chi connectivity index (χ0v) is 11.9. The van der Waals surface area contributed by atoms with Crippen molar-refractivity contribution < 1.29 is 0 Å². The van der Waals surface area contributed by atoms with Crippen LogP contribution in [-0.4, -0.2) is 22.9 Å². The van der Waals surface area contributed by atoms with Crippen molar-refractivity contribution in [3.63, 3.8) is 0 Å². The monoisotopic (exact) mass is 249 g/mol. The van der Waals surface area contributed by atoms with E-state index >= 15 is 0 Å². The quantitative estimate of drug-likeness (QED) is 0.838. The summed E-state index contributed by atoms with van der Waals surface area (Å²) in [7, 11) is 2.05. The Bertz CT molecular complexity index is 339. The Labute approximate surface area is 111 Å². The fourth-order valence-electron chi connectivity index (χ4n) is 2.98. The van der Waals surface area contributed by atoms with Gasteiger partial charge in [0, 0.05) is 18.7 Å². The minimum Gasteiger partial charge on any atom is -0.317 e. The van der Waals surface area contributed by atoms with E-state index in [1.54, 1.807) is 0 Å². The van der Waals surface area contributed by atoms with Gasteiger partial charge in [-0.2, -0.15) is 5.10 Å². The van der Waals surface area contributed by atoms with Crippen LogP contribution in [0, 0.1) is 0 Å². The fourth-order valence-corrected chi connectivity index (χ4v) is 2.98. The summed E-state index contributed by atoms with van der Waals surface area (Å²) in [6, 6.07) is 3.44. The first-order valence-electron chi connectivity index (χ1n) is 7.54. The molecule has 0 bridgehead atoms. The maximum absolute atomic E-state index is 4.78. The van der Waals surface area contributed by atoms with Crippen molar-refractivity contribution in [3.8, 4) is 0 Å². The molecule has 1 saturated carbocycles. The van der Waals surface area contributed by atoms with Crippen LogP contribution >= 0.6 is 0 Å². The van der Waals surface area contributed by atoms with Crippen molar-refractivity contribution in [1.29, 1.82) is 0 Å². The summed E-state index contributed by atoms with van der Waals surface area (Å²) in [5, 5.41) is 8.17. The predicted octanol–water partition coefficient (Wildman–Crippen LogP) is 3.32. The summed E-state index contributed by atoms with van der Waals surface area (Å²) in [6.45, 7) is 2.24. The predicted molar refractivity (Wildman–Crippen MR) is 75.8 cm³/mol. The summed E-state index contributed by atoms with van der Waals surface area (Å²) in [5.41, 5.74) is 1.24. The lowest BCUT2D eigenvalue weighted by molar-refractivity contribution is 0.327. The first-order chi connectivity index (χ1) is 8.83. The molecule has 18 heavy (non-hydrogen) atoms. The zero-order valence-electron chi connectivity index (χ0n) is 11.9. The van der Waals surface area contributed by atoms with Crippen LogP contribution in [-0.2, 0) is 6.42 Å². The number of hydrogen-bond donors (Lipinski definition) is 1. The second-order valence-corrected chi connectivity index (χ2v) is 5.56. The number of hydrogen-bond acceptors (Lipinski definition) is 2.